The summed E-state index contributed by atoms with van der Waals surface area (Å²) in [6.45, 7) is 0.933. The zero-order chi connectivity index (χ0) is 19.6. The maximum Gasteiger partial charge on any atom is 0.357 e. The van der Waals surface area contributed by atoms with Crippen molar-refractivity contribution in [3.05, 3.63) is 41.2 Å². The second-order valence-electron chi connectivity index (χ2n) is 5.95. The minimum Gasteiger partial charge on any atom is -0.484 e. The van der Waals surface area contributed by atoms with Crippen molar-refractivity contribution in [1.29, 1.82) is 5.26 Å². The van der Waals surface area contributed by atoms with Gasteiger partial charge in [-0.25, -0.2) is 13.6 Å². The number of hydrogen-bond donors (Lipinski definition) is 1. The molecule has 9 heteroatoms. The fourth-order valence-corrected chi connectivity index (χ4v) is 2.88. The second-order valence-corrected chi connectivity index (χ2v) is 5.95. The van der Waals surface area contributed by atoms with Gasteiger partial charge in [0.15, 0.2) is 23.1 Å². The van der Waals surface area contributed by atoms with Crippen molar-refractivity contribution >= 4 is 11.7 Å². The molecule has 3 rings (SSSR count). The number of nitriles is 1. The molecule has 0 spiro atoms. The fourth-order valence-electron chi connectivity index (χ4n) is 2.88. The van der Waals surface area contributed by atoms with Crippen molar-refractivity contribution in [3.63, 3.8) is 0 Å². The summed E-state index contributed by atoms with van der Waals surface area (Å²) < 4.78 is 45.5. The highest BCUT2D eigenvalue weighted by atomic mass is 19.1. The van der Waals surface area contributed by atoms with Gasteiger partial charge in [0.05, 0.1) is 37.3 Å². The summed E-state index contributed by atoms with van der Waals surface area (Å²) >= 11 is 0. The molecule has 1 fully saturated rings. The van der Waals surface area contributed by atoms with Gasteiger partial charge in [0, 0.05) is 31.2 Å². The summed E-state index contributed by atoms with van der Waals surface area (Å²) in [6.07, 6.45) is 1.95. The van der Waals surface area contributed by atoms with Crippen LogP contribution in [0.4, 0.5) is 14.5 Å². The lowest BCUT2D eigenvalue weighted by atomic mass is 10.1. The third kappa shape index (κ3) is 3.57. The van der Waals surface area contributed by atoms with Crippen LogP contribution in [0.1, 0.15) is 28.9 Å². The van der Waals surface area contributed by atoms with Crippen molar-refractivity contribution in [2.75, 3.05) is 26.1 Å². The number of ether oxygens (including phenoxy) is 3. The lowest BCUT2D eigenvalue weighted by Crippen LogP contribution is -2.26. The summed E-state index contributed by atoms with van der Waals surface area (Å²) in [5.74, 6) is -3.19. The summed E-state index contributed by atoms with van der Waals surface area (Å²) in [6, 6.07) is 3.83. The number of benzene rings is 1. The van der Waals surface area contributed by atoms with Gasteiger partial charge in [-0.15, -0.1) is 0 Å². The van der Waals surface area contributed by atoms with Gasteiger partial charge in [-0.1, -0.05) is 0 Å². The number of nitrogen functional groups attached to an aromatic ring is 1. The number of esters is 1. The second kappa shape index (κ2) is 7.63. The molecule has 0 aliphatic carbocycles. The topological polar surface area (TPSA) is 99.5 Å². The first-order valence-electron chi connectivity index (χ1n) is 8.19. The van der Waals surface area contributed by atoms with Gasteiger partial charge in [-0.05, 0) is 0 Å². The van der Waals surface area contributed by atoms with E-state index in [1.54, 1.807) is 0 Å². The van der Waals surface area contributed by atoms with Crippen LogP contribution >= 0.6 is 0 Å². The Hall–Kier alpha value is -3.12. The largest absolute Gasteiger partial charge is 0.484 e. The first kappa shape index (κ1) is 18.7. The van der Waals surface area contributed by atoms with Crippen molar-refractivity contribution in [2.45, 2.75) is 18.9 Å². The van der Waals surface area contributed by atoms with E-state index in [4.69, 9.17) is 20.5 Å². The van der Waals surface area contributed by atoms with Gasteiger partial charge >= 0.3 is 5.97 Å². The minimum atomic E-state index is -0.932. The van der Waals surface area contributed by atoms with Crippen LogP contribution in [0, 0.1) is 23.0 Å². The molecule has 0 saturated carbocycles. The SMILES string of the molecule is COC(=O)c1c(N)c(C#N)cn1-c1cc(F)c(OC2CCOCC2)c(F)c1. The monoisotopic (exact) mass is 377 g/mol. The van der Waals surface area contributed by atoms with Crippen LogP contribution in [0.3, 0.4) is 0 Å². The van der Waals surface area contributed by atoms with Gasteiger partial charge < -0.3 is 24.5 Å². The molecule has 7 nitrogen and oxygen atoms in total. The fraction of sp³-hybridized carbons (Fsp3) is 0.333. The molecule has 2 N–H and O–H groups in total. The summed E-state index contributed by atoms with van der Waals surface area (Å²) in [7, 11) is 1.14. The highest BCUT2D eigenvalue weighted by molar-refractivity contribution is 5.95. The predicted octanol–water partition coefficient (Wildman–Crippen LogP) is 2.55. The molecule has 1 aromatic heterocycles. The number of methoxy groups -OCH3 is 1. The number of nitrogens with zero attached hydrogens (tertiary/aromatic N) is 2. The molecule has 1 aromatic carbocycles. The number of halogens is 2. The van der Waals surface area contributed by atoms with Crippen molar-refractivity contribution in [3.8, 4) is 17.5 Å². The molecule has 1 saturated heterocycles. The Morgan fingerprint density at radius 1 is 1.33 bits per heavy atom. The van der Waals surface area contributed by atoms with Crippen LogP contribution in [-0.4, -0.2) is 37.0 Å². The molecule has 0 unspecified atom stereocenters. The van der Waals surface area contributed by atoms with Crippen molar-refractivity contribution < 1.29 is 27.8 Å². The van der Waals surface area contributed by atoms with E-state index in [-0.39, 0.29) is 28.7 Å². The Morgan fingerprint density at radius 3 is 2.52 bits per heavy atom. The van der Waals surface area contributed by atoms with E-state index in [1.165, 1.54) is 6.20 Å². The van der Waals surface area contributed by atoms with E-state index < -0.39 is 23.4 Å². The lowest BCUT2D eigenvalue weighted by Gasteiger charge is -2.24. The highest BCUT2D eigenvalue weighted by Gasteiger charge is 2.25. The van der Waals surface area contributed by atoms with Gasteiger partial charge in [0.1, 0.15) is 12.2 Å². The average Bonchev–Trinajstić information content (AvgIpc) is 3.01. The molecular weight excluding hydrogens is 360 g/mol. The van der Waals surface area contributed by atoms with Gasteiger partial charge in [0.2, 0.25) is 0 Å². The molecule has 1 aliphatic heterocycles. The van der Waals surface area contributed by atoms with E-state index in [0.717, 1.165) is 23.8 Å². The molecule has 0 atom stereocenters. The van der Waals surface area contributed by atoms with Gasteiger partial charge in [0.25, 0.3) is 0 Å². The van der Waals surface area contributed by atoms with Crippen LogP contribution in [0.15, 0.2) is 18.3 Å². The summed E-state index contributed by atoms with van der Waals surface area (Å²) in [5, 5.41) is 9.12. The molecule has 142 valence electrons. The van der Waals surface area contributed by atoms with Crippen LogP contribution in [0.25, 0.3) is 5.69 Å². The standard InChI is InChI=1S/C18H17F2N3O4/c1-25-18(24)16-15(22)10(8-21)9-23(16)11-6-13(19)17(14(20)7-11)27-12-2-4-26-5-3-12/h6-7,9,12H,2-5,22H2,1H3. The first-order chi connectivity index (χ1) is 13.0. The Labute approximate surface area is 153 Å². The molecule has 2 heterocycles. The zero-order valence-corrected chi connectivity index (χ0v) is 14.5. The molecule has 27 heavy (non-hydrogen) atoms. The maximum atomic E-state index is 14.5. The maximum absolute atomic E-state index is 14.5. The number of anilines is 1. The number of aromatic nitrogens is 1. The molecule has 1 aliphatic rings. The van der Waals surface area contributed by atoms with E-state index in [1.807, 2.05) is 6.07 Å². The van der Waals surface area contributed by atoms with Crippen molar-refractivity contribution in [2.24, 2.45) is 0 Å². The molecule has 0 radical (unpaired) electrons. The van der Waals surface area contributed by atoms with E-state index in [9.17, 15) is 13.6 Å². The minimum absolute atomic E-state index is 0.0150. The highest BCUT2D eigenvalue weighted by Crippen LogP contribution is 2.31. The molecule has 0 bridgehead atoms. The lowest BCUT2D eigenvalue weighted by molar-refractivity contribution is 0.0223. The average molecular weight is 377 g/mol. The first-order valence-corrected chi connectivity index (χ1v) is 8.19. The zero-order valence-electron chi connectivity index (χ0n) is 14.5. The predicted molar refractivity (Wildman–Crippen MR) is 90.6 cm³/mol. The Morgan fingerprint density at radius 2 is 1.96 bits per heavy atom. The third-order valence-electron chi connectivity index (χ3n) is 4.26. The molecular formula is C18H17F2N3O4. The number of nitrogens with two attached hydrogens (primary N) is 1. The van der Waals surface area contributed by atoms with Crippen LogP contribution < -0.4 is 10.5 Å². The summed E-state index contributed by atoms with van der Waals surface area (Å²) in [4.78, 5) is 12.0. The van der Waals surface area contributed by atoms with Gasteiger partial charge in [-0.3, -0.25) is 0 Å². The normalized spacial score (nSPS) is 14.6. The molecule has 0 amide bonds. The Kier molecular flexibility index (Phi) is 5.28. The quantitative estimate of drug-likeness (QED) is 0.822. The van der Waals surface area contributed by atoms with Crippen molar-refractivity contribution in [1.82, 2.24) is 4.57 Å². The Bertz CT molecular complexity index is 891. The number of carbonyl (C=O) groups is 1. The molecule has 2 aromatic rings. The van der Waals surface area contributed by atoms with Crippen LogP contribution in [-0.2, 0) is 9.47 Å². The van der Waals surface area contributed by atoms with E-state index in [2.05, 4.69) is 4.74 Å². The third-order valence-corrected chi connectivity index (χ3v) is 4.26. The number of hydrogen-bond acceptors (Lipinski definition) is 6. The van der Waals surface area contributed by atoms with Crippen LogP contribution in [0.5, 0.6) is 5.75 Å². The Balaban J connectivity index is 2.01. The number of rotatable bonds is 4. The van der Waals surface area contributed by atoms with E-state index in [0.29, 0.717) is 26.1 Å². The van der Waals surface area contributed by atoms with Gasteiger partial charge in [-0.2, -0.15) is 5.26 Å². The van der Waals surface area contributed by atoms with Crippen LogP contribution in [0.2, 0.25) is 0 Å². The number of carbonyl (C=O) groups excluding carboxylic acids is 1. The smallest absolute Gasteiger partial charge is 0.357 e. The summed E-state index contributed by atoms with van der Waals surface area (Å²) in [5.41, 5.74) is 5.42. The van der Waals surface area contributed by atoms with E-state index >= 15 is 0 Å².